The van der Waals surface area contributed by atoms with E-state index in [0.29, 0.717) is 5.88 Å². The molecule has 0 radical (unpaired) electrons. The number of carbonyl (C=O) groups is 1. The first kappa shape index (κ1) is 10.3. The molecule has 76 valence electrons. The maximum Gasteiger partial charge on any atom is 0.404 e. The van der Waals surface area contributed by atoms with Gasteiger partial charge in [0.2, 0.25) is 5.88 Å². The summed E-state index contributed by atoms with van der Waals surface area (Å²) >= 11 is 0. The molecular weight excluding hydrogens is 184 g/mol. The van der Waals surface area contributed by atoms with Crippen LogP contribution >= 0.6 is 0 Å². The SMILES string of the molecule is Cc1ccnc(OCCOC(N)=O)c1. The van der Waals surface area contributed by atoms with E-state index >= 15 is 0 Å². The number of aryl methyl sites for hydroxylation is 1. The van der Waals surface area contributed by atoms with Crippen molar-refractivity contribution in [2.75, 3.05) is 13.2 Å². The third-order valence-electron chi connectivity index (χ3n) is 1.47. The Hall–Kier alpha value is -1.78. The second-order valence-electron chi connectivity index (χ2n) is 2.69. The van der Waals surface area contributed by atoms with Crippen molar-refractivity contribution in [2.45, 2.75) is 6.92 Å². The number of hydrogen-bond donors (Lipinski definition) is 1. The first-order valence-corrected chi connectivity index (χ1v) is 4.16. The molecule has 0 aromatic carbocycles. The molecule has 1 aromatic rings. The molecule has 0 bridgehead atoms. The van der Waals surface area contributed by atoms with E-state index in [1.54, 1.807) is 12.3 Å². The molecule has 0 spiro atoms. The normalized spacial score (nSPS) is 9.50. The number of aromatic nitrogens is 1. The van der Waals surface area contributed by atoms with Gasteiger partial charge in [0.25, 0.3) is 0 Å². The fraction of sp³-hybridized carbons (Fsp3) is 0.333. The van der Waals surface area contributed by atoms with Gasteiger partial charge in [-0.05, 0) is 18.6 Å². The molecule has 0 saturated carbocycles. The quantitative estimate of drug-likeness (QED) is 0.725. The van der Waals surface area contributed by atoms with Gasteiger partial charge >= 0.3 is 6.09 Å². The Balaban J connectivity index is 2.28. The van der Waals surface area contributed by atoms with E-state index in [1.807, 2.05) is 13.0 Å². The number of ether oxygens (including phenoxy) is 2. The Morgan fingerprint density at radius 3 is 3.00 bits per heavy atom. The Labute approximate surface area is 81.8 Å². The minimum Gasteiger partial charge on any atom is -0.474 e. The van der Waals surface area contributed by atoms with Crippen molar-refractivity contribution in [2.24, 2.45) is 5.73 Å². The molecule has 1 amide bonds. The number of nitrogens with two attached hydrogens (primary N) is 1. The zero-order chi connectivity index (χ0) is 10.4. The molecule has 0 atom stereocenters. The van der Waals surface area contributed by atoms with Gasteiger partial charge in [-0.15, -0.1) is 0 Å². The summed E-state index contributed by atoms with van der Waals surface area (Å²) in [7, 11) is 0. The van der Waals surface area contributed by atoms with Gasteiger partial charge in [-0.2, -0.15) is 0 Å². The van der Waals surface area contributed by atoms with Crippen LogP contribution in [0.3, 0.4) is 0 Å². The molecule has 0 aliphatic rings. The maximum atomic E-state index is 10.2. The van der Waals surface area contributed by atoms with Crippen LogP contribution < -0.4 is 10.5 Å². The van der Waals surface area contributed by atoms with Crippen LogP contribution in [0.4, 0.5) is 4.79 Å². The van der Waals surface area contributed by atoms with Gasteiger partial charge in [0, 0.05) is 12.3 Å². The smallest absolute Gasteiger partial charge is 0.404 e. The van der Waals surface area contributed by atoms with Crippen molar-refractivity contribution in [3.05, 3.63) is 23.9 Å². The average Bonchev–Trinajstić information content (AvgIpc) is 2.12. The summed E-state index contributed by atoms with van der Waals surface area (Å²) in [5.41, 5.74) is 5.82. The van der Waals surface area contributed by atoms with E-state index in [4.69, 9.17) is 10.5 Å². The minimum atomic E-state index is -0.800. The third kappa shape index (κ3) is 3.75. The van der Waals surface area contributed by atoms with E-state index in [2.05, 4.69) is 9.72 Å². The van der Waals surface area contributed by atoms with Crippen LogP contribution in [0.2, 0.25) is 0 Å². The molecule has 14 heavy (non-hydrogen) atoms. The standard InChI is InChI=1S/C9H12N2O3/c1-7-2-3-11-8(6-7)13-4-5-14-9(10)12/h2-3,6H,4-5H2,1H3,(H2,10,12). The number of amides is 1. The maximum absolute atomic E-state index is 10.2. The highest BCUT2D eigenvalue weighted by Crippen LogP contribution is 2.07. The number of hydrogen-bond acceptors (Lipinski definition) is 4. The van der Waals surface area contributed by atoms with Crippen molar-refractivity contribution < 1.29 is 14.3 Å². The van der Waals surface area contributed by atoms with Gasteiger partial charge in [0.1, 0.15) is 13.2 Å². The zero-order valence-corrected chi connectivity index (χ0v) is 7.90. The van der Waals surface area contributed by atoms with E-state index < -0.39 is 6.09 Å². The lowest BCUT2D eigenvalue weighted by Crippen LogP contribution is -2.17. The predicted octanol–water partition coefficient (Wildman–Crippen LogP) is 0.864. The second kappa shape index (κ2) is 5.06. The molecule has 0 fully saturated rings. The van der Waals surface area contributed by atoms with Gasteiger partial charge in [-0.25, -0.2) is 9.78 Å². The van der Waals surface area contributed by atoms with Crippen LogP contribution in [0.1, 0.15) is 5.56 Å². The number of pyridine rings is 1. The van der Waals surface area contributed by atoms with Gasteiger partial charge in [-0.1, -0.05) is 0 Å². The van der Waals surface area contributed by atoms with Gasteiger partial charge in [-0.3, -0.25) is 0 Å². The van der Waals surface area contributed by atoms with Crippen molar-refractivity contribution in [1.29, 1.82) is 0 Å². The van der Waals surface area contributed by atoms with Crippen LogP contribution in [0.15, 0.2) is 18.3 Å². The monoisotopic (exact) mass is 196 g/mol. The van der Waals surface area contributed by atoms with Crippen LogP contribution in [-0.2, 0) is 4.74 Å². The summed E-state index contributed by atoms with van der Waals surface area (Å²) in [5, 5.41) is 0. The largest absolute Gasteiger partial charge is 0.474 e. The molecule has 0 unspecified atom stereocenters. The first-order chi connectivity index (χ1) is 6.68. The van der Waals surface area contributed by atoms with E-state index in [9.17, 15) is 4.79 Å². The summed E-state index contributed by atoms with van der Waals surface area (Å²) < 4.78 is 9.67. The Morgan fingerprint density at radius 2 is 2.36 bits per heavy atom. The summed E-state index contributed by atoms with van der Waals surface area (Å²) in [5.74, 6) is 0.512. The molecule has 1 heterocycles. The Morgan fingerprint density at radius 1 is 1.57 bits per heavy atom. The number of nitrogens with zero attached hydrogens (tertiary/aromatic N) is 1. The average molecular weight is 196 g/mol. The summed E-state index contributed by atoms with van der Waals surface area (Å²) in [6, 6.07) is 3.66. The van der Waals surface area contributed by atoms with Crippen molar-refractivity contribution in [3.63, 3.8) is 0 Å². The van der Waals surface area contributed by atoms with E-state index in [-0.39, 0.29) is 13.2 Å². The van der Waals surface area contributed by atoms with Gasteiger partial charge in [0.05, 0.1) is 0 Å². The highest BCUT2D eigenvalue weighted by molar-refractivity contribution is 5.64. The summed E-state index contributed by atoms with van der Waals surface area (Å²) in [6.45, 7) is 2.32. The minimum absolute atomic E-state index is 0.130. The number of carbonyl (C=O) groups excluding carboxylic acids is 1. The lowest BCUT2D eigenvalue weighted by Gasteiger charge is -2.05. The molecule has 0 saturated heterocycles. The van der Waals surface area contributed by atoms with E-state index in [1.165, 1.54) is 0 Å². The van der Waals surface area contributed by atoms with Crippen molar-refractivity contribution in [3.8, 4) is 5.88 Å². The Kier molecular flexibility index (Phi) is 3.72. The lowest BCUT2D eigenvalue weighted by molar-refractivity contribution is 0.132. The Bertz CT molecular complexity index is 315. The third-order valence-corrected chi connectivity index (χ3v) is 1.47. The van der Waals surface area contributed by atoms with Crippen molar-refractivity contribution in [1.82, 2.24) is 4.98 Å². The van der Waals surface area contributed by atoms with Crippen LogP contribution in [0.25, 0.3) is 0 Å². The van der Waals surface area contributed by atoms with Crippen LogP contribution in [0.5, 0.6) is 5.88 Å². The predicted molar refractivity (Wildman–Crippen MR) is 50.0 cm³/mol. The van der Waals surface area contributed by atoms with Crippen LogP contribution in [-0.4, -0.2) is 24.3 Å². The molecule has 5 nitrogen and oxygen atoms in total. The lowest BCUT2D eigenvalue weighted by atomic mass is 10.3. The summed E-state index contributed by atoms with van der Waals surface area (Å²) in [4.78, 5) is 14.2. The fourth-order valence-electron chi connectivity index (χ4n) is 0.876. The van der Waals surface area contributed by atoms with E-state index in [0.717, 1.165) is 5.56 Å². The topological polar surface area (TPSA) is 74.4 Å². The molecule has 0 aliphatic heterocycles. The van der Waals surface area contributed by atoms with Crippen LogP contribution in [0, 0.1) is 6.92 Å². The van der Waals surface area contributed by atoms with Crippen molar-refractivity contribution >= 4 is 6.09 Å². The molecule has 1 aromatic heterocycles. The molecule has 1 rings (SSSR count). The summed E-state index contributed by atoms with van der Waals surface area (Å²) in [6.07, 6.45) is 0.852. The number of rotatable bonds is 4. The fourth-order valence-corrected chi connectivity index (χ4v) is 0.876. The second-order valence-corrected chi connectivity index (χ2v) is 2.69. The molecule has 0 aliphatic carbocycles. The highest BCUT2D eigenvalue weighted by atomic mass is 16.6. The molecule has 5 heteroatoms. The molecular formula is C9H12N2O3. The highest BCUT2D eigenvalue weighted by Gasteiger charge is 1.96. The van der Waals surface area contributed by atoms with Gasteiger partial charge in [0.15, 0.2) is 0 Å². The zero-order valence-electron chi connectivity index (χ0n) is 7.90. The molecule has 2 N–H and O–H groups in total. The van der Waals surface area contributed by atoms with Gasteiger partial charge < -0.3 is 15.2 Å². The number of primary amides is 1. The first-order valence-electron chi connectivity index (χ1n) is 4.16.